The summed E-state index contributed by atoms with van der Waals surface area (Å²) in [6.45, 7) is 1.03. The van der Waals surface area contributed by atoms with Crippen molar-refractivity contribution in [3.8, 4) is 11.3 Å². The monoisotopic (exact) mass is 324 g/mol. The fourth-order valence-electron chi connectivity index (χ4n) is 4.06. The first kappa shape index (κ1) is 13.5. The van der Waals surface area contributed by atoms with Crippen LogP contribution in [0, 0.1) is 5.92 Å². The molecule has 24 heavy (non-hydrogen) atoms. The SMILES string of the molecule is O=c1[nH]cc(-c2cc(N3CC4CCC3C4)c3nccn3n2)c(=O)[nH]1. The maximum absolute atomic E-state index is 12.1. The number of fused-ring (bicyclic) bond motifs is 3. The van der Waals surface area contributed by atoms with Crippen molar-refractivity contribution in [1.82, 2.24) is 24.6 Å². The summed E-state index contributed by atoms with van der Waals surface area (Å²) in [5, 5.41) is 4.48. The molecule has 2 atom stereocenters. The molecule has 1 saturated carbocycles. The number of aromatic amines is 2. The van der Waals surface area contributed by atoms with Gasteiger partial charge < -0.3 is 9.88 Å². The van der Waals surface area contributed by atoms with E-state index in [9.17, 15) is 9.59 Å². The first-order chi connectivity index (χ1) is 11.7. The van der Waals surface area contributed by atoms with E-state index in [0.717, 1.165) is 23.8 Å². The Hall–Kier alpha value is -2.90. The van der Waals surface area contributed by atoms with Gasteiger partial charge in [0.15, 0.2) is 5.65 Å². The van der Waals surface area contributed by atoms with Crippen LogP contribution in [0.15, 0.2) is 34.2 Å². The fraction of sp³-hybridized carbons (Fsp3) is 0.375. The molecule has 1 saturated heterocycles. The molecule has 2 unspecified atom stereocenters. The number of imidazole rings is 1. The van der Waals surface area contributed by atoms with Crippen molar-refractivity contribution in [3.63, 3.8) is 0 Å². The predicted molar refractivity (Wildman–Crippen MR) is 88.1 cm³/mol. The molecule has 122 valence electrons. The van der Waals surface area contributed by atoms with Gasteiger partial charge in [-0.05, 0) is 31.2 Å². The molecule has 8 nitrogen and oxygen atoms in total. The molecule has 2 N–H and O–H groups in total. The highest BCUT2D eigenvalue weighted by Gasteiger charge is 2.39. The van der Waals surface area contributed by atoms with Gasteiger partial charge in [0.2, 0.25) is 0 Å². The molecule has 4 heterocycles. The fourth-order valence-corrected chi connectivity index (χ4v) is 4.06. The van der Waals surface area contributed by atoms with Crippen LogP contribution in [-0.4, -0.2) is 37.2 Å². The van der Waals surface area contributed by atoms with Gasteiger partial charge in [0.05, 0.1) is 11.3 Å². The molecule has 2 aliphatic rings. The van der Waals surface area contributed by atoms with Gasteiger partial charge in [-0.1, -0.05) is 0 Å². The van der Waals surface area contributed by atoms with Crippen molar-refractivity contribution in [2.45, 2.75) is 25.3 Å². The molecule has 1 aliphatic heterocycles. The highest BCUT2D eigenvalue weighted by atomic mass is 16.2. The van der Waals surface area contributed by atoms with Gasteiger partial charge in [0.1, 0.15) is 5.69 Å². The summed E-state index contributed by atoms with van der Waals surface area (Å²) < 4.78 is 1.70. The number of H-pyrrole nitrogens is 2. The topological polar surface area (TPSA) is 99.2 Å². The minimum absolute atomic E-state index is 0.343. The standard InChI is InChI=1S/C16H16N6O2/c23-15-11(7-18-16(24)19-15)12-6-13(14-17-3-4-22(14)20-12)21-8-9-1-2-10(21)5-9/h3-4,6-7,9-10H,1-2,5,8H2,(H2,18,19,23,24). The minimum atomic E-state index is -0.524. The first-order valence-electron chi connectivity index (χ1n) is 8.12. The number of rotatable bonds is 2. The lowest BCUT2D eigenvalue weighted by Crippen LogP contribution is -2.32. The lowest BCUT2D eigenvalue weighted by molar-refractivity contribution is 0.553. The van der Waals surface area contributed by atoms with Gasteiger partial charge in [-0.15, -0.1) is 0 Å². The maximum Gasteiger partial charge on any atom is 0.325 e. The van der Waals surface area contributed by atoms with E-state index >= 15 is 0 Å². The van der Waals surface area contributed by atoms with Crippen LogP contribution in [0.3, 0.4) is 0 Å². The zero-order valence-corrected chi connectivity index (χ0v) is 12.9. The molecule has 2 fully saturated rings. The second-order valence-corrected chi connectivity index (χ2v) is 6.58. The molecule has 1 aliphatic carbocycles. The van der Waals surface area contributed by atoms with Crippen LogP contribution in [0.1, 0.15) is 19.3 Å². The first-order valence-corrected chi connectivity index (χ1v) is 8.12. The average molecular weight is 324 g/mol. The van der Waals surface area contributed by atoms with Crippen LogP contribution in [0.5, 0.6) is 0 Å². The van der Waals surface area contributed by atoms with Crippen molar-refractivity contribution in [2.24, 2.45) is 5.92 Å². The van der Waals surface area contributed by atoms with Crippen molar-refractivity contribution in [3.05, 3.63) is 45.5 Å². The summed E-state index contributed by atoms with van der Waals surface area (Å²) in [5.41, 5.74) is 1.70. The van der Waals surface area contributed by atoms with Crippen LogP contribution in [-0.2, 0) is 0 Å². The smallest absolute Gasteiger partial charge is 0.325 e. The summed E-state index contributed by atoms with van der Waals surface area (Å²) in [6, 6.07) is 2.45. The molecule has 3 aromatic heterocycles. The summed E-state index contributed by atoms with van der Waals surface area (Å²) in [4.78, 5) is 35.0. The number of hydrogen-bond donors (Lipinski definition) is 2. The zero-order chi connectivity index (χ0) is 16.3. The lowest BCUT2D eigenvalue weighted by atomic mass is 10.1. The molecular formula is C16H16N6O2. The number of anilines is 1. The Morgan fingerprint density at radius 2 is 2.17 bits per heavy atom. The second kappa shape index (κ2) is 4.80. The van der Waals surface area contributed by atoms with E-state index in [0.29, 0.717) is 17.3 Å². The van der Waals surface area contributed by atoms with Gasteiger partial charge >= 0.3 is 5.69 Å². The average Bonchev–Trinajstić information content (AvgIpc) is 3.30. The Balaban J connectivity index is 1.71. The largest absolute Gasteiger partial charge is 0.365 e. The molecule has 0 spiro atoms. The van der Waals surface area contributed by atoms with Crippen LogP contribution in [0.2, 0.25) is 0 Å². The molecule has 0 radical (unpaired) electrons. The third kappa shape index (κ3) is 1.92. The van der Waals surface area contributed by atoms with Crippen molar-refractivity contribution in [1.29, 1.82) is 0 Å². The zero-order valence-electron chi connectivity index (χ0n) is 12.9. The van der Waals surface area contributed by atoms with Crippen molar-refractivity contribution < 1.29 is 0 Å². The van der Waals surface area contributed by atoms with Crippen molar-refractivity contribution in [2.75, 3.05) is 11.4 Å². The Labute approximate surface area is 136 Å². The van der Waals surface area contributed by atoms with E-state index in [1.165, 1.54) is 25.5 Å². The number of nitrogens with one attached hydrogen (secondary N) is 2. The van der Waals surface area contributed by atoms with E-state index in [1.54, 1.807) is 16.9 Å². The van der Waals surface area contributed by atoms with Crippen LogP contribution in [0.25, 0.3) is 16.9 Å². The third-order valence-corrected chi connectivity index (χ3v) is 5.15. The Kier molecular flexibility index (Phi) is 2.70. The van der Waals surface area contributed by atoms with E-state index < -0.39 is 11.2 Å². The summed E-state index contributed by atoms with van der Waals surface area (Å²) in [5.74, 6) is 0.748. The van der Waals surface area contributed by atoms with Crippen LogP contribution < -0.4 is 16.1 Å². The minimum Gasteiger partial charge on any atom is -0.365 e. The highest BCUT2D eigenvalue weighted by molar-refractivity contribution is 5.75. The number of hydrogen-bond acceptors (Lipinski definition) is 5. The van der Waals surface area contributed by atoms with Crippen molar-refractivity contribution >= 4 is 11.3 Å². The Morgan fingerprint density at radius 1 is 1.25 bits per heavy atom. The highest BCUT2D eigenvalue weighted by Crippen LogP contribution is 2.41. The number of nitrogens with zero attached hydrogens (tertiary/aromatic N) is 4. The predicted octanol–water partition coefficient (Wildman–Crippen LogP) is 0.762. The summed E-state index contributed by atoms with van der Waals surface area (Å²) >= 11 is 0. The third-order valence-electron chi connectivity index (χ3n) is 5.15. The van der Waals surface area contributed by atoms with Crippen LogP contribution in [0.4, 0.5) is 5.69 Å². The molecule has 8 heteroatoms. The molecule has 3 aromatic rings. The normalized spacial score (nSPS) is 22.6. The summed E-state index contributed by atoms with van der Waals surface area (Å²) in [6.07, 6.45) is 8.62. The maximum atomic E-state index is 12.1. The second-order valence-electron chi connectivity index (χ2n) is 6.58. The molecule has 0 aromatic carbocycles. The number of aromatic nitrogens is 5. The molecule has 0 amide bonds. The Bertz CT molecular complexity index is 1050. The number of piperidine rings is 1. The van der Waals surface area contributed by atoms with Gasteiger partial charge in [0, 0.05) is 31.2 Å². The molecular weight excluding hydrogens is 308 g/mol. The van der Waals surface area contributed by atoms with E-state index in [4.69, 9.17) is 0 Å². The molecule has 5 rings (SSSR count). The Morgan fingerprint density at radius 3 is 2.92 bits per heavy atom. The van der Waals surface area contributed by atoms with E-state index in [1.807, 2.05) is 6.07 Å². The van der Waals surface area contributed by atoms with Gasteiger partial charge in [-0.2, -0.15) is 5.10 Å². The molecule has 2 bridgehead atoms. The van der Waals surface area contributed by atoms with Gasteiger partial charge in [-0.3, -0.25) is 9.78 Å². The van der Waals surface area contributed by atoms with E-state index in [-0.39, 0.29) is 0 Å². The van der Waals surface area contributed by atoms with Gasteiger partial charge in [0.25, 0.3) is 5.56 Å². The van der Waals surface area contributed by atoms with Crippen LogP contribution >= 0.6 is 0 Å². The lowest BCUT2D eigenvalue weighted by Gasteiger charge is -2.29. The summed E-state index contributed by atoms with van der Waals surface area (Å²) in [7, 11) is 0. The quantitative estimate of drug-likeness (QED) is 0.725. The van der Waals surface area contributed by atoms with Gasteiger partial charge in [-0.25, -0.2) is 14.3 Å². The van der Waals surface area contributed by atoms with E-state index in [2.05, 4.69) is 25.0 Å².